The van der Waals surface area contributed by atoms with E-state index >= 15 is 0 Å². The molecule has 0 aromatic heterocycles. The quantitative estimate of drug-likeness (QED) is 0.189. The zero-order valence-corrected chi connectivity index (χ0v) is 20.9. The first-order chi connectivity index (χ1) is 17.5. The van der Waals surface area contributed by atoms with Gasteiger partial charge in [-0.15, -0.1) is 0 Å². The second-order valence-corrected chi connectivity index (χ2v) is 8.85. The van der Waals surface area contributed by atoms with E-state index in [0.29, 0.717) is 29.6 Å². The number of carboxylic acid groups (broad SMARTS) is 1. The highest BCUT2D eigenvalue weighted by molar-refractivity contribution is 6.00. The van der Waals surface area contributed by atoms with E-state index in [1.807, 2.05) is 0 Å². The molecule has 0 bridgehead atoms. The number of rotatable bonds is 14. The predicted molar refractivity (Wildman–Crippen MR) is 140 cm³/mol. The number of ketones is 1. The van der Waals surface area contributed by atoms with E-state index in [1.165, 1.54) is 12.1 Å². The molecule has 0 saturated heterocycles. The Balaban J connectivity index is 1.93. The van der Waals surface area contributed by atoms with Gasteiger partial charge in [-0.2, -0.15) is 0 Å². The highest BCUT2D eigenvalue weighted by atomic mass is 16.5. The van der Waals surface area contributed by atoms with Crippen LogP contribution in [0.5, 0.6) is 5.75 Å². The second kappa shape index (κ2) is 14.2. The molecule has 0 aliphatic carbocycles. The van der Waals surface area contributed by atoms with Gasteiger partial charge in [0.25, 0.3) is 5.91 Å². The number of hydrogen-bond donors (Lipinski definition) is 5. The Morgan fingerprint density at radius 1 is 1.03 bits per heavy atom. The summed E-state index contributed by atoms with van der Waals surface area (Å²) < 4.78 is 5.64. The predicted octanol–water partition coefficient (Wildman–Crippen LogP) is 2.44. The summed E-state index contributed by atoms with van der Waals surface area (Å²) in [5, 5.41) is 14.3. The van der Waals surface area contributed by atoms with Crippen LogP contribution in [0, 0.1) is 11.8 Å². The fourth-order valence-electron chi connectivity index (χ4n) is 3.25. The topological polar surface area (TPSA) is 186 Å². The maximum Gasteiger partial charge on any atom is 0.304 e. The number of amides is 2. The van der Waals surface area contributed by atoms with E-state index in [4.69, 9.17) is 16.2 Å². The summed E-state index contributed by atoms with van der Waals surface area (Å²) in [5.74, 6) is -2.99. The Morgan fingerprint density at radius 3 is 2.35 bits per heavy atom. The number of carboxylic acids is 1. The fraction of sp³-hybridized carbons (Fsp3) is 0.346. The summed E-state index contributed by atoms with van der Waals surface area (Å²) in [5.41, 5.74) is 11.7. The molecule has 0 saturated carbocycles. The summed E-state index contributed by atoms with van der Waals surface area (Å²) in [4.78, 5) is 52.7. The van der Waals surface area contributed by atoms with Gasteiger partial charge in [-0.25, -0.2) is 4.99 Å². The van der Waals surface area contributed by atoms with Crippen molar-refractivity contribution in [3.05, 3.63) is 54.1 Å². The highest BCUT2D eigenvalue weighted by Gasteiger charge is 2.25. The largest absolute Gasteiger partial charge is 0.494 e. The molecule has 0 spiro atoms. The molecule has 0 aliphatic heterocycles. The SMILES string of the molecule is CC(C)CCOc1ccc(NC(=O)[C@H](CC(=O)O)CC(=O)CNC(=O)c2cccc(N=C(N)N)c2)cc1. The van der Waals surface area contributed by atoms with Crippen molar-refractivity contribution >= 4 is 40.9 Å². The summed E-state index contributed by atoms with van der Waals surface area (Å²) in [6, 6.07) is 12.8. The number of carbonyl (C=O) groups is 4. The number of anilines is 1. The van der Waals surface area contributed by atoms with Crippen molar-refractivity contribution in [2.75, 3.05) is 18.5 Å². The zero-order valence-electron chi connectivity index (χ0n) is 20.9. The minimum Gasteiger partial charge on any atom is -0.494 e. The summed E-state index contributed by atoms with van der Waals surface area (Å²) in [6.45, 7) is 4.40. The fourth-order valence-corrected chi connectivity index (χ4v) is 3.25. The van der Waals surface area contributed by atoms with Crippen LogP contribution >= 0.6 is 0 Å². The molecule has 2 amide bonds. The molecule has 0 aliphatic rings. The van der Waals surface area contributed by atoms with Crippen molar-refractivity contribution in [2.24, 2.45) is 28.3 Å². The molecule has 0 heterocycles. The van der Waals surface area contributed by atoms with Gasteiger partial charge in [-0.3, -0.25) is 19.2 Å². The van der Waals surface area contributed by atoms with E-state index in [-0.39, 0.29) is 24.5 Å². The van der Waals surface area contributed by atoms with Crippen LogP contribution in [0.3, 0.4) is 0 Å². The Hall–Kier alpha value is -4.41. The maximum atomic E-state index is 12.7. The minimum atomic E-state index is -1.22. The molecule has 2 aromatic rings. The molecule has 0 radical (unpaired) electrons. The number of Topliss-reactive ketones (excluding diaryl/α,β-unsaturated/α-hetero) is 1. The van der Waals surface area contributed by atoms with E-state index in [0.717, 1.165) is 6.42 Å². The second-order valence-electron chi connectivity index (χ2n) is 8.85. The van der Waals surface area contributed by atoms with Crippen molar-refractivity contribution in [2.45, 2.75) is 33.1 Å². The maximum absolute atomic E-state index is 12.7. The van der Waals surface area contributed by atoms with Crippen LogP contribution in [0.25, 0.3) is 0 Å². The van der Waals surface area contributed by atoms with Gasteiger partial charge in [-0.05, 0) is 54.8 Å². The number of benzene rings is 2. The van der Waals surface area contributed by atoms with Gasteiger partial charge in [0.05, 0.1) is 31.2 Å². The normalized spacial score (nSPS) is 11.3. The summed E-state index contributed by atoms with van der Waals surface area (Å²) >= 11 is 0. The number of aliphatic carboxylic acids is 1. The van der Waals surface area contributed by atoms with E-state index in [2.05, 4.69) is 29.5 Å². The monoisotopic (exact) mass is 511 g/mol. The molecule has 37 heavy (non-hydrogen) atoms. The first kappa shape index (κ1) is 28.8. The van der Waals surface area contributed by atoms with Crippen LogP contribution in [0.1, 0.15) is 43.5 Å². The first-order valence-corrected chi connectivity index (χ1v) is 11.8. The summed E-state index contributed by atoms with van der Waals surface area (Å²) in [6.07, 6.45) is 0.0134. The van der Waals surface area contributed by atoms with Crippen molar-refractivity contribution in [1.82, 2.24) is 5.32 Å². The third-order valence-electron chi connectivity index (χ3n) is 5.16. The molecule has 0 unspecified atom stereocenters. The van der Waals surface area contributed by atoms with Crippen molar-refractivity contribution < 1.29 is 29.0 Å². The van der Waals surface area contributed by atoms with E-state index in [1.54, 1.807) is 36.4 Å². The molecule has 7 N–H and O–H groups in total. The Kier molecular flexibility index (Phi) is 11.1. The Bertz CT molecular complexity index is 1130. The Morgan fingerprint density at radius 2 is 1.73 bits per heavy atom. The number of hydrogen-bond acceptors (Lipinski definition) is 6. The lowest BCUT2D eigenvalue weighted by atomic mass is 9.97. The first-order valence-electron chi connectivity index (χ1n) is 11.8. The lowest BCUT2D eigenvalue weighted by Gasteiger charge is -2.15. The molecule has 198 valence electrons. The molecule has 1 atom stereocenters. The number of nitrogens with one attached hydrogen (secondary N) is 2. The molecule has 11 heteroatoms. The molecular formula is C26H33N5O6. The lowest BCUT2D eigenvalue weighted by Crippen LogP contribution is -2.33. The standard InChI is InChI=1S/C26H33N5O6/c1-16(2)10-11-37-22-8-6-19(7-9-22)30-25(36)18(14-23(33)34)13-21(32)15-29-24(35)17-4-3-5-20(12-17)31-26(27)28/h3-9,12,16,18H,10-11,13-15H2,1-2H3,(H,29,35)(H,30,36)(H,33,34)(H4,27,28,31)/t18-/m0/s1. The molecule has 2 rings (SSSR count). The Labute approximate surface area is 215 Å². The molecule has 0 fully saturated rings. The third-order valence-corrected chi connectivity index (χ3v) is 5.16. The molecular weight excluding hydrogens is 478 g/mol. The number of aliphatic imine (C=N–C) groups is 1. The van der Waals surface area contributed by atoms with Crippen LogP contribution in [-0.4, -0.2) is 47.8 Å². The van der Waals surface area contributed by atoms with Crippen molar-refractivity contribution in [3.63, 3.8) is 0 Å². The van der Waals surface area contributed by atoms with Crippen molar-refractivity contribution in [3.8, 4) is 5.75 Å². The number of nitrogens with zero attached hydrogens (tertiary/aromatic N) is 1. The number of nitrogens with two attached hydrogens (primary N) is 2. The average molecular weight is 512 g/mol. The van der Waals surface area contributed by atoms with Gasteiger partial charge >= 0.3 is 5.97 Å². The minimum absolute atomic E-state index is 0.165. The van der Waals surface area contributed by atoms with Crippen LogP contribution in [0.2, 0.25) is 0 Å². The number of ether oxygens (including phenoxy) is 1. The molecule has 2 aromatic carbocycles. The number of carbonyl (C=O) groups excluding carboxylic acids is 3. The van der Waals surface area contributed by atoms with Crippen molar-refractivity contribution in [1.29, 1.82) is 0 Å². The van der Waals surface area contributed by atoms with Gasteiger partial charge in [0.15, 0.2) is 11.7 Å². The highest BCUT2D eigenvalue weighted by Crippen LogP contribution is 2.19. The smallest absolute Gasteiger partial charge is 0.304 e. The zero-order chi connectivity index (χ0) is 27.4. The van der Waals surface area contributed by atoms with Gasteiger partial charge in [-0.1, -0.05) is 19.9 Å². The van der Waals surface area contributed by atoms with Gasteiger partial charge in [0.2, 0.25) is 5.91 Å². The average Bonchev–Trinajstić information content (AvgIpc) is 2.82. The third kappa shape index (κ3) is 10.8. The van der Waals surface area contributed by atoms with Crippen LogP contribution in [0.15, 0.2) is 53.5 Å². The lowest BCUT2D eigenvalue weighted by molar-refractivity contribution is -0.140. The summed E-state index contributed by atoms with van der Waals surface area (Å²) in [7, 11) is 0. The number of guanidine groups is 1. The van der Waals surface area contributed by atoms with Gasteiger partial charge in [0, 0.05) is 17.7 Å². The van der Waals surface area contributed by atoms with E-state index in [9.17, 15) is 24.3 Å². The van der Waals surface area contributed by atoms with Crippen LogP contribution in [-0.2, 0) is 14.4 Å². The van der Waals surface area contributed by atoms with Gasteiger partial charge in [0.1, 0.15) is 5.75 Å². The van der Waals surface area contributed by atoms with Crippen LogP contribution in [0.4, 0.5) is 11.4 Å². The van der Waals surface area contributed by atoms with Crippen LogP contribution < -0.4 is 26.8 Å². The molecule has 11 nitrogen and oxygen atoms in total. The van der Waals surface area contributed by atoms with Gasteiger partial charge < -0.3 is 31.9 Å². The van der Waals surface area contributed by atoms with E-state index < -0.39 is 35.9 Å².